The summed E-state index contributed by atoms with van der Waals surface area (Å²) in [6.07, 6.45) is 1.33. The van der Waals surface area contributed by atoms with Crippen molar-refractivity contribution >= 4 is 0 Å². The van der Waals surface area contributed by atoms with Gasteiger partial charge in [0.15, 0.2) is 0 Å². The van der Waals surface area contributed by atoms with Gasteiger partial charge in [0.05, 0.1) is 6.61 Å². The second kappa shape index (κ2) is 4.67. The van der Waals surface area contributed by atoms with Crippen molar-refractivity contribution in [1.82, 2.24) is 5.32 Å². The van der Waals surface area contributed by atoms with Crippen molar-refractivity contribution in [3.63, 3.8) is 0 Å². The van der Waals surface area contributed by atoms with Crippen LogP contribution in [0.5, 0.6) is 5.75 Å². The summed E-state index contributed by atoms with van der Waals surface area (Å²) in [6, 6.07) is 8.55. The Hall–Kier alpha value is -1.02. The van der Waals surface area contributed by atoms with Crippen molar-refractivity contribution in [2.75, 3.05) is 20.2 Å². The number of nitrogens with one attached hydrogen (secondary N) is 1. The Balaban J connectivity index is 1.94. The molecule has 0 bridgehead atoms. The van der Waals surface area contributed by atoms with E-state index in [9.17, 15) is 0 Å². The van der Waals surface area contributed by atoms with Crippen molar-refractivity contribution in [1.29, 1.82) is 0 Å². The number of hydrogen-bond acceptors (Lipinski definition) is 2. The minimum Gasteiger partial charge on any atom is -0.494 e. The minimum absolute atomic E-state index is 0.741. The molecule has 1 aliphatic carbocycles. The zero-order valence-electron chi connectivity index (χ0n) is 9.49. The lowest BCUT2D eigenvalue weighted by atomic mass is 10.1. The predicted molar refractivity (Wildman–Crippen MR) is 62.4 cm³/mol. The molecule has 1 aromatic carbocycles. The van der Waals surface area contributed by atoms with Gasteiger partial charge < -0.3 is 10.1 Å². The zero-order chi connectivity index (χ0) is 10.7. The Labute approximate surface area is 91.6 Å². The van der Waals surface area contributed by atoms with Crippen LogP contribution < -0.4 is 10.1 Å². The van der Waals surface area contributed by atoms with Gasteiger partial charge >= 0.3 is 0 Å². The van der Waals surface area contributed by atoms with Crippen LogP contribution in [0.25, 0.3) is 0 Å². The van der Waals surface area contributed by atoms with E-state index >= 15 is 0 Å². The Bertz CT molecular complexity index is 307. The average Bonchev–Trinajstić information content (AvgIpc) is 3.00. The Morgan fingerprint density at radius 1 is 1.33 bits per heavy atom. The molecule has 2 atom stereocenters. The lowest BCUT2D eigenvalue weighted by Crippen LogP contribution is -2.10. The number of benzene rings is 1. The van der Waals surface area contributed by atoms with E-state index in [4.69, 9.17) is 4.74 Å². The maximum absolute atomic E-state index is 5.42. The largest absolute Gasteiger partial charge is 0.494 e. The highest BCUT2D eigenvalue weighted by molar-refractivity contribution is 5.32. The molecule has 1 N–H and O–H groups in total. The van der Waals surface area contributed by atoms with Gasteiger partial charge in [-0.1, -0.05) is 12.1 Å². The molecular weight excluding hydrogens is 186 g/mol. The third kappa shape index (κ3) is 2.51. The van der Waals surface area contributed by atoms with Crippen LogP contribution in [0.3, 0.4) is 0 Å². The molecule has 15 heavy (non-hydrogen) atoms. The highest BCUT2D eigenvalue weighted by Gasteiger charge is 2.37. The third-order valence-electron chi connectivity index (χ3n) is 3.01. The molecule has 1 saturated carbocycles. The highest BCUT2D eigenvalue weighted by atomic mass is 16.5. The quantitative estimate of drug-likeness (QED) is 0.797. The van der Waals surface area contributed by atoms with Crippen LogP contribution in [0.15, 0.2) is 24.3 Å². The monoisotopic (exact) mass is 205 g/mol. The highest BCUT2D eigenvalue weighted by Crippen LogP contribution is 2.47. The summed E-state index contributed by atoms with van der Waals surface area (Å²) in [4.78, 5) is 0. The maximum Gasteiger partial charge on any atom is 0.119 e. The first kappa shape index (κ1) is 10.5. The van der Waals surface area contributed by atoms with E-state index in [1.54, 1.807) is 0 Å². The van der Waals surface area contributed by atoms with Gasteiger partial charge in [-0.3, -0.25) is 0 Å². The molecule has 0 unspecified atom stereocenters. The predicted octanol–water partition coefficient (Wildman–Crippen LogP) is 2.41. The average molecular weight is 205 g/mol. The van der Waals surface area contributed by atoms with Gasteiger partial charge in [0.25, 0.3) is 0 Å². The summed E-state index contributed by atoms with van der Waals surface area (Å²) in [5, 5.41) is 3.24. The molecule has 0 saturated heterocycles. The van der Waals surface area contributed by atoms with Crippen LogP contribution in [0, 0.1) is 5.92 Å². The minimum atomic E-state index is 0.741. The van der Waals surface area contributed by atoms with Gasteiger partial charge in [0.2, 0.25) is 0 Å². The summed E-state index contributed by atoms with van der Waals surface area (Å²) in [6.45, 7) is 3.89. The van der Waals surface area contributed by atoms with E-state index in [0.29, 0.717) is 0 Å². The fourth-order valence-corrected chi connectivity index (χ4v) is 2.12. The SMILES string of the molecule is CCOc1ccc([C@@H]2C[C@@H]2CNC)cc1. The van der Waals surface area contributed by atoms with Gasteiger partial charge in [0.1, 0.15) is 5.75 Å². The van der Waals surface area contributed by atoms with E-state index in [2.05, 4.69) is 29.6 Å². The Kier molecular flexibility index (Phi) is 3.27. The topological polar surface area (TPSA) is 21.3 Å². The molecule has 82 valence electrons. The lowest BCUT2D eigenvalue weighted by molar-refractivity contribution is 0.340. The van der Waals surface area contributed by atoms with E-state index in [1.807, 2.05) is 14.0 Å². The molecule has 1 fully saturated rings. The fraction of sp³-hybridized carbons (Fsp3) is 0.538. The van der Waals surface area contributed by atoms with Crippen molar-refractivity contribution < 1.29 is 4.74 Å². The number of hydrogen-bond donors (Lipinski definition) is 1. The van der Waals surface area contributed by atoms with E-state index in [1.165, 1.54) is 12.0 Å². The van der Waals surface area contributed by atoms with Gasteiger partial charge in [0, 0.05) is 0 Å². The van der Waals surface area contributed by atoms with Crippen LogP contribution in [0.1, 0.15) is 24.8 Å². The molecule has 2 heteroatoms. The molecule has 1 aliphatic rings. The smallest absolute Gasteiger partial charge is 0.119 e. The van der Waals surface area contributed by atoms with Gasteiger partial charge in [-0.2, -0.15) is 0 Å². The molecule has 1 aromatic rings. The van der Waals surface area contributed by atoms with Crippen molar-refractivity contribution in [2.24, 2.45) is 5.92 Å². The molecule has 0 spiro atoms. The summed E-state index contributed by atoms with van der Waals surface area (Å²) in [5.74, 6) is 2.59. The molecule has 0 heterocycles. The van der Waals surface area contributed by atoms with E-state index in [0.717, 1.165) is 30.7 Å². The standard InChI is InChI=1S/C13H19NO/c1-3-15-12-6-4-10(5-7-12)13-8-11(13)9-14-2/h4-7,11,13-14H,3,8-9H2,1-2H3/t11-,13+/m1/s1. The second-order valence-corrected chi connectivity index (χ2v) is 4.16. The number of rotatable bonds is 5. The molecule has 2 rings (SSSR count). The van der Waals surface area contributed by atoms with Gasteiger partial charge in [-0.15, -0.1) is 0 Å². The maximum atomic E-state index is 5.42. The van der Waals surface area contributed by atoms with Crippen molar-refractivity contribution in [3.05, 3.63) is 29.8 Å². The summed E-state index contributed by atoms with van der Waals surface area (Å²) < 4.78 is 5.42. The van der Waals surface area contributed by atoms with Crippen LogP contribution >= 0.6 is 0 Å². The van der Waals surface area contributed by atoms with E-state index in [-0.39, 0.29) is 0 Å². The second-order valence-electron chi connectivity index (χ2n) is 4.16. The Morgan fingerprint density at radius 2 is 2.07 bits per heavy atom. The molecule has 0 aliphatic heterocycles. The number of ether oxygens (including phenoxy) is 1. The molecule has 0 aromatic heterocycles. The first-order valence-corrected chi connectivity index (χ1v) is 5.72. The van der Waals surface area contributed by atoms with Crippen LogP contribution in [-0.2, 0) is 0 Å². The van der Waals surface area contributed by atoms with Gasteiger partial charge in [-0.25, -0.2) is 0 Å². The van der Waals surface area contributed by atoms with Crippen LogP contribution in [0.2, 0.25) is 0 Å². The third-order valence-corrected chi connectivity index (χ3v) is 3.01. The first-order valence-electron chi connectivity index (χ1n) is 5.72. The summed E-state index contributed by atoms with van der Waals surface area (Å²) >= 11 is 0. The van der Waals surface area contributed by atoms with E-state index < -0.39 is 0 Å². The van der Waals surface area contributed by atoms with Gasteiger partial charge in [-0.05, 0) is 56.5 Å². The molecular formula is C13H19NO. The molecule has 2 nitrogen and oxygen atoms in total. The molecule has 0 amide bonds. The normalized spacial score (nSPS) is 23.9. The zero-order valence-corrected chi connectivity index (χ0v) is 9.49. The van der Waals surface area contributed by atoms with Crippen molar-refractivity contribution in [2.45, 2.75) is 19.3 Å². The van der Waals surface area contributed by atoms with Crippen LogP contribution in [0.4, 0.5) is 0 Å². The van der Waals surface area contributed by atoms with Crippen molar-refractivity contribution in [3.8, 4) is 5.75 Å². The summed E-state index contributed by atoms with van der Waals surface area (Å²) in [7, 11) is 2.02. The fourth-order valence-electron chi connectivity index (χ4n) is 2.12. The summed E-state index contributed by atoms with van der Waals surface area (Å²) in [5.41, 5.74) is 1.46. The van der Waals surface area contributed by atoms with Crippen LogP contribution in [-0.4, -0.2) is 20.2 Å². The molecule has 0 radical (unpaired) electrons. The first-order chi connectivity index (χ1) is 7.35. The lowest BCUT2D eigenvalue weighted by Gasteiger charge is -2.04. The Morgan fingerprint density at radius 3 is 2.67 bits per heavy atom.